The lowest BCUT2D eigenvalue weighted by Crippen LogP contribution is -2.43. The third-order valence-electron chi connectivity index (χ3n) is 4.92. The molecule has 0 aliphatic carbocycles. The Morgan fingerprint density at radius 3 is 2.26 bits per heavy atom. The van der Waals surface area contributed by atoms with E-state index in [1.807, 2.05) is 63.2 Å². The molecule has 0 bridgehead atoms. The van der Waals surface area contributed by atoms with E-state index in [4.69, 9.17) is 4.74 Å². The Bertz CT molecular complexity index is 1050. The number of carbonyl (C=O) groups excluding carboxylic acids is 3. The van der Waals surface area contributed by atoms with Crippen molar-refractivity contribution in [2.24, 2.45) is 0 Å². The average Bonchev–Trinajstić information content (AvgIpc) is 3.26. The van der Waals surface area contributed by atoms with Crippen LogP contribution in [0.5, 0.6) is 0 Å². The molecule has 3 rings (SSSR count). The van der Waals surface area contributed by atoms with Crippen molar-refractivity contribution >= 4 is 29.0 Å². The zero-order chi connectivity index (χ0) is 22.4. The number of amides is 1. The number of esters is 1. The predicted octanol–water partition coefficient (Wildman–Crippen LogP) is 4.44. The topological polar surface area (TPSA) is 72.5 Å². The van der Waals surface area contributed by atoms with Crippen molar-refractivity contribution in [3.63, 3.8) is 0 Å². The van der Waals surface area contributed by atoms with Gasteiger partial charge in [0.25, 0.3) is 5.91 Å². The van der Waals surface area contributed by atoms with Crippen molar-refractivity contribution < 1.29 is 19.1 Å². The number of hydrogen-bond acceptors (Lipinski definition) is 5. The maximum absolute atomic E-state index is 12.8. The molecule has 0 radical (unpaired) electrons. The summed E-state index contributed by atoms with van der Waals surface area (Å²) < 4.78 is 5.35. The quantitative estimate of drug-likeness (QED) is 0.419. The zero-order valence-corrected chi connectivity index (χ0v) is 18.6. The highest BCUT2D eigenvalue weighted by Gasteiger charge is 2.25. The number of ether oxygens (including phenoxy) is 1. The van der Waals surface area contributed by atoms with Crippen LogP contribution >= 0.6 is 11.3 Å². The van der Waals surface area contributed by atoms with Gasteiger partial charge in [-0.25, -0.2) is 4.79 Å². The number of hydrogen-bond donors (Lipinski definition) is 1. The molecular weight excluding hydrogens is 410 g/mol. The first-order valence-corrected chi connectivity index (χ1v) is 10.9. The fourth-order valence-electron chi connectivity index (χ4n) is 3.61. The van der Waals surface area contributed by atoms with E-state index in [-0.39, 0.29) is 24.7 Å². The first-order chi connectivity index (χ1) is 14.8. The largest absolute Gasteiger partial charge is 0.456 e. The van der Waals surface area contributed by atoms with Crippen LogP contribution in [-0.2, 0) is 16.0 Å². The van der Waals surface area contributed by atoms with Crippen molar-refractivity contribution in [2.45, 2.75) is 33.2 Å². The molecule has 0 saturated heterocycles. The van der Waals surface area contributed by atoms with Gasteiger partial charge in [-0.05, 0) is 48.9 Å². The minimum absolute atomic E-state index is 0.258. The second-order valence-corrected chi connectivity index (χ2v) is 8.45. The number of nitrogens with one attached hydrogen (secondary N) is 1. The van der Waals surface area contributed by atoms with Crippen molar-refractivity contribution in [3.05, 3.63) is 92.7 Å². The van der Waals surface area contributed by atoms with Crippen molar-refractivity contribution in [2.75, 3.05) is 6.61 Å². The van der Waals surface area contributed by atoms with Crippen LogP contribution in [-0.4, -0.2) is 30.3 Å². The summed E-state index contributed by atoms with van der Waals surface area (Å²) in [5, 5.41) is 4.54. The van der Waals surface area contributed by atoms with Crippen molar-refractivity contribution in [1.82, 2.24) is 5.32 Å². The van der Waals surface area contributed by atoms with Crippen LogP contribution in [0.2, 0.25) is 0 Å². The first-order valence-electron chi connectivity index (χ1n) is 10.0. The molecule has 0 aliphatic rings. The Labute approximate surface area is 186 Å². The van der Waals surface area contributed by atoms with Gasteiger partial charge in [0, 0.05) is 12.0 Å². The van der Waals surface area contributed by atoms with E-state index in [0.717, 1.165) is 22.3 Å². The lowest BCUT2D eigenvalue weighted by atomic mass is 9.97. The summed E-state index contributed by atoms with van der Waals surface area (Å²) in [4.78, 5) is 38.6. The standard InChI is InChI=1S/C25H25NO4S/c1-16-12-17(2)23(18(3)13-16)21(27)15-30-25(29)20(14-19-8-5-4-6-9-19)26-24(28)22-10-7-11-31-22/h4-13,20H,14-15H2,1-3H3,(H,26,28)/t20-/m0/s1. The van der Waals surface area contributed by atoms with Gasteiger partial charge in [-0.3, -0.25) is 9.59 Å². The normalized spacial score (nSPS) is 11.6. The monoisotopic (exact) mass is 435 g/mol. The summed E-state index contributed by atoms with van der Waals surface area (Å²) in [6, 6.07) is 15.8. The van der Waals surface area contributed by atoms with Crippen LogP contribution in [0.3, 0.4) is 0 Å². The van der Waals surface area contributed by atoms with Gasteiger partial charge in [0.2, 0.25) is 5.78 Å². The van der Waals surface area contributed by atoms with Crippen LogP contribution in [0.4, 0.5) is 0 Å². The highest BCUT2D eigenvalue weighted by atomic mass is 32.1. The van der Waals surface area contributed by atoms with Gasteiger partial charge in [0.05, 0.1) is 4.88 Å². The minimum Gasteiger partial charge on any atom is -0.456 e. The molecule has 0 aliphatic heterocycles. The number of benzene rings is 2. The maximum atomic E-state index is 12.8. The molecule has 1 heterocycles. The molecule has 3 aromatic rings. The molecule has 0 unspecified atom stereocenters. The fourth-order valence-corrected chi connectivity index (χ4v) is 4.24. The van der Waals surface area contributed by atoms with Crippen LogP contribution in [0, 0.1) is 20.8 Å². The summed E-state index contributed by atoms with van der Waals surface area (Å²) in [6.45, 7) is 5.34. The molecule has 160 valence electrons. The lowest BCUT2D eigenvalue weighted by Gasteiger charge is -2.18. The van der Waals surface area contributed by atoms with Gasteiger partial charge < -0.3 is 10.1 Å². The van der Waals surface area contributed by atoms with Crippen LogP contribution < -0.4 is 5.32 Å². The number of rotatable bonds is 8. The molecular formula is C25H25NO4S. The zero-order valence-electron chi connectivity index (χ0n) is 17.8. The summed E-state index contributed by atoms with van der Waals surface area (Å²) in [7, 11) is 0. The van der Waals surface area contributed by atoms with Gasteiger partial charge in [-0.1, -0.05) is 54.1 Å². The Morgan fingerprint density at radius 2 is 1.65 bits per heavy atom. The predicted molar refractivity (Wildman–Crippen MR) is 122 cm³/mol. The molecule has 1 atom stereocenters. The smallest absolute Gasteiger partial charge is 0.329 e. The lowest BCUT2D eigenvalue weighted by molar-refractivity contribution is -0.144. The van der Waals surface area contributed by atoms with Crippen molar-refractivity contribution in [3.8, 4) is 0 Å². The Morgan fingerprint density at radius 1 is 0.968 bits per heavy atom. The van der Waals surface area contributed by atoms with Crippen LogP contribution in [0.15, 0.2) is 60.0 Å². The average molecular weight is 436 g/mol. The van der Waals surface area contributed by atoms with E-state index in [1.165, 1.54) is 11.3 Å². The molecule has 0 saturated carbocycles. The van der Waals surface area contributed by atoms with Crippen molar-refractivity contribution in [1.29, 1.82) is 0 Å². The van der Waals surface area contributed by atoms with Gasteiger partial charge in [0.1, 0.15) is 6.04 Å². The Balaban J connectivity index is 1.71. The maximum Gasteiger partial charge on any atom is 0.329 e. The molecule has 0 spiro atoms. The number of carbonyl (C=O) groups is 3. The number of thiophene rings is 1. The van der Waals surface area contributed by atoms with Gasteiger partial charge >= 0.3 is 5.97 Å². The third kappa shape index (κ3) is 5.89. The highest BCUT2D eigenvalue weighted by molar-refractivity contribution is 7.12. The summed E-state index contributed by atoms with van der Waals surface area (Å²) >= 11 is 1.29. The van der Waals surface area contributed by atoms with E-state index >= 15 is 0 Å². The van der Waals surface area contributed by atoms with Gasteiger partial charge in [0.15, 0.2) is 6.61 Å². The van der Waals surface area contributed by atoms with E-state index < -0.39 is 12.0 Å². The second kappa shape index (κ2) is 10.2. The summed E-state index contributed by atoms with van der Waals surface area (Å²) in [5.41, 5.74) is 4.23. The van der Waals surface area contributed by atoms with E-state index in [0.29, 0.717) is 10.4 Å². The molecule has 1 N–H and O–H groups in total. The molecule has 1 amide bonds. The Hall–Kier alpha value is -3.25. The number of ketones is 1. The first kappa shape index (κ1) is 22.4. The molecule has 0 fully saturated rings. The van der Waals surface area contributed by atoms with E-state index in [2.05, 4.69) is 5.32 Å². The summed E-state index contributed by atoms with van der Waals surface area (Å²) in [6.07, 6.45) is 0.271. The molecule has 5 nitrogen and oxygen atoms in total. The Kier molecular flexibility index (Phi) is 7.36. The molecule has 2 aromatic carbocycles. The van der Waals surface area contributed by atoms with Crippen LogP contribution in [0.1, 0.15) is 42.3 Å². The SMILES string of the molecule is Cc1cc(C)c(C(=O)COC(=O)[C@H](Cc2ccccc2)NC(=O)c2cccs2)c(C)c1. The molecule has 6 heteroatoms. The molecule has 31 heavy (non-hydrogen) atoms. The van der Waals surface area contributed by atoms with Gasteiger partial charge in [-0.2, -0.15) is 0 Å². The number of Topliss-reactive ketones (excluding diaryl/α,β-unsaturated/α-hetero) is 1. The fraction of sp³-hybridized carbons (Fsp3) is 0.240. The van der Waals surface area contributed by atoms with E-state index in [9.17, 15) is 14.4 Å². The highest BCUT2D eigenvalue weighted by Crippen LogP contribution is 2.17. The minimum atomic E-state index is -0.898. The van der Waals surface area contributed by atoms with Gasteiger partial charge in [-0.15, -0.1) is 11.3 Å². The summed E-state index contributed by atoms with van der Waals surface area (Å²) in [5.74, 6) is -1.24. The number of aryl methyl sites for hydroxylation is 3. The second-order valence-electron chi connectivity index (χ2n) is 7.50. The van der Waals surface area contributed by atoms with Crippen LogP contribution in [0.25, 0.3) is 0 Å². The third-order valence-corrected chi connectivity index (χ3v) is 5.79. The molecule has 1 aromatic heterocycles. The van der Waals surface area contributed by atoms with E-state index in [1.54, 1.807) is 17.5 Å².